The largest absolute Gasteiger partial charge is 0.501 e. The van der Waals surface area contributed by atoms with Crippen molar-refractivity contribution >= 4 is 29.2 Å². The summed E-state index contributed by atoms with van der Waals surface area (Å²) in [5.74, 6) is -1.04. The van der Waals surface area contributed by atoms with Crippen LogP contribution in [-0.2, 0) is 4.79 Å². The van der Waals surface area contributed by atoms with Gasteiger partial charge in [0.25, 0.3) is 0 Å². The quantitative estimate of drug-likeness (QED) is 0.145. The molecular formula is C12H25N5O3S. The number of guanidine groups is 1. The van der Waals surface area contributed by atoms with E-state index in [1.807, 2.05) is 0 Å². The van der Waals surface area contributed by atoms with Gasteiger partial charge in [-0.1, -0.05) is 0 Å². The van der Waals surface area contributed by atoms with Gasteiger partial charge in [0.05, 0.1) is 6.04 Å². The zero-order chi connectivity index (χ0) is 16.3. The maximum atomic E-state index is 10.3. The normalized spacial score (nSPS) is 18.2. The number of carbonyl (C=O) groups is 1. The maximum Gasteiger partial charge on any atom is 0.320 e. The van der Waals surface area contributed by atoms with Crippen molar-refractivity contribution in [3.63, 3.8) is 0 Å². The molecule has 0 spiro atoms. The van der Waals surface area contributed by atoms with Crippen LogP contribution in [0.4, 0.5) is 0 Å². The van der Waals surface area contributed by atoms with E-state index >= 15 is 0 Å². The monoisotopic (exact) mass is 319 g/mol. The van der Waals surface area contributed by atoms with Gasteiger partial charge in [0.1, 0.15) is 6.04 Å². The zero-order valence-corrected chi connectivity index (χ0v) is 12.8. The first-order chi connectivity index (χ1) is 9.84. The summed E-state index contributed by atoms with van der Waals surface area (Å²) in [6, 6.07) is -0.678. The summed E-state index contributed by atoms with van der Waals surface area (Å²) < 4.78 is 0. The summed E-state index contributed by atoms with van der Waals surface area (Å²) in [7, 11) is 0. The molecule has 1 heterocycles. The molecule has 1 aliphatic heterocycles. The Kier molecular flexibility index (Phi) is 10.5. The van der Waals surface area contributed by atoms with Gasteiger partial charge >= 0.3 is 5.97 Å². The van der Waals surface area contributed by atoms with E-state index in [2.05, 4.69) is 22.9 Å². The molecular weight excluding hydrogens is 294 g/mol. The fourth-order valence-electron chi connectivity index (χ4n) is 1.73. The number of aliphatic carboxylic acids is 1. The minimum Gasteiger partial charge on any atom is -0.501 e. The summed E-state index contributed by atoms with van der Waals surface area (Å²) in [6.45, 7) is 1.58. The molecule has 2 atom stereocenters. The lowest BCUT2D eigenvalue weighted by atomic mass is 10.1. The fraction of sp³-hybridized carbons (Fsp3) is 0.750. The van der Waals surface area contributed by atoms with E-state index in [0.29, 0.717) is 19.4 Å². The Balaban J connectivity index is 0.000000423. The van der Waals surface area contributed by atoms with Crippen molar-refractivity contribution in [1.82, 2.24) is 10.6 Å². The molecule has 9 heteroatoms. The second-order valence-corrected chi connectivity index (χ2v) is 5.19. The molecule has 0 aromatic heterocycles. The number of hydrogen-bond acceptors (Lipinski definition) is 5. The van der Waals surface area contributed by atoms with E-state index in [1.165, 1.54) is 0 Å². The average molecular weight is 319 g/mol. The highest BCUT2D eigenvalue weighted by molar-refractivity contribution is 7.80. The third-order valence-corrected chi connectivity index (χ3v) is 3.22. The summed E-state index contributed by atoms with van der Waals surface area (Å²) in [5.41, 5.74) is 10.3. The lowest BCUT2D eigenvalue weighted by molar-refractivity contribution is -0.138. The van der Waals surface area contributed by atoms with Crippen LogP contribution in [0.25, 0.3) is 0 Å². The Hall–Kier alpha value is -1.45. The second kappa shape index (κ2) is 11.2. The van der Waals surface area contributed by atoms with Gasteiger partial charge < -0.3 is 32.3 Å². The first kappa shape index (κ1) is 19.6. The molecule has 21 heavy (non-hydrogen) atoms. The van der Waals surface area contributed by atoms with Crippen molar-refractivity contribution in [3.05, 3.63) is 0 Å². The van der Waals surface area contributed by atoms with Crippen molar-refractivity contribution in [2.24, 2.45) is 11.5 Å². The predicted molar refractivity (Wildman–Crippen MR) is 85.6 cm³/mol. The zero-order valence-electron chi connectivity index (χ0n) is 12.0. The number of thiocarbonyl (C=S) groups is 1. The first-order valence-corrected chi connectivity index (χ1v) is 7.28. The number of aliphatic hydroxyl groups is 1. The summed E-state index contributed by atoms with van der Waals surface area (Å²) in [4.78, 5) is 10.3. The molecule has 1 unspecified atom stereocenters. The molecule has 0 aliphatic carbocycles. The van der Waals surface area contributed by atoms with Crippen LogP contribution in [0.5, 0.6) is 0 Å². The summed E-state index contributed by atoms with van der Waals surface area (Å²) in [5, 5.41) is 29.8. The van der Waals surface area contributed by atoms with E-state index in [0.717, 1.165) is 25.8 Å². The molecule has 0 aromatic carbocycles. The highest BCUT2D eigenvalue weighted by Gasteiger charge is 2.16. The van der Waals surface area contributed by atoms with Crippen molar-refractivity contribution in [2.75, 3.05) is 13.1 Å². The van der Waals surface area contributed by atoms with Crippen LogP contribution in [0.15, 0.2) is 0 Å². The molecule has 0 bridgehead atoms. The molecule has 0 aromatic rings. The molecule has 1 fully saturated rings. The topological polar surface area (TPSA) is 157 Å². The van der Waals surface area contributed by atoms with Gasteiger partial charge in [0.2, 0.25) is 0 Å². The number of hydrogen-bond donors (Lipinski definition) is 7. The molecule has 0 amide bonds. The van der Waals surface area contributed by atoms with Gasteiger partial charge in [0, 0.05) is 6.54 Å². The van der Waals surface area contributed by atoms with E-state index in [1.54, 1.807) is 0 Å². The van der Waals surface area contributed by atoms with Crippen molar-refractivity contribution in [2.45, 2.75) is 44.2 Å². The minimum atomic E-state index is -0.973. The number of rotatable bonds is 7. The predicted octanol–water partition coefficient (Wildman–Crippen LogP) is -0.325. The van der Waals surface area contributed by atoms with E-state index in [9.17, 15) is 4.79 Å². The molecule has 0 radical (unpaired) electrons. The van der Waals surface area contributed by atoms with Gasteiger partial charge in [-0.25, -0.2) is 0 Å². The molecule has 8 nitrogen and oxygen atoms in total. The van der Waals surface area contributed by atoms with Crippen LogP contribution in [0.1, 0.15) is 32.1 Å². The number of nitrogens with one attached hydrogen (secondary N) is 3. The Bertz CT molecular complexity index is 348. The minimum absolute atomic E-state index is 0.0671. The molecule has 9 N–H and O–H groups in total. The number of aliphatic hydroxyl groups excluding tert-OH is 1. The summed E-state index contributed by atoms with van der Waals surface area (Å²) >= 11 is 4.55. The van der Waals surface area contributed by atoms with Gasteiger partial charge in [-0.15, -0.1) is 0 Å². The van der Waals surface area contributed by atoms with E-state index in [-0.39, 0.29) is 17.1 Å². The Morgan fingerprint density at radius 3 is 2.52 bits per heavy atom. The van der Waals surface area contributed by atoms with Crippen LogP contribution in [0, 0.1) is 5.41 Å². The summed E-state index contributed by atoms with van der Waals surface area (Å²) in [6.07, 6.45) is 4.06. The smallest absolute Gasteiger partial charge is 0.320 e. The standard InChI is InChI=1S/C7H16N4O2.C5H9NOS/c8-5(6(12)13)3-1-2-4-11-7(9)10;7-5(8)4-2-1-3-6-4/h5H,1-4,8H2,(H,12,13)(H4,9,10,11);4,6H,1-3H2,(H,7,8)/t;4-/m.0/s1. The lowest BCUT2D eigenvalue weighted by Gasteiger charge is -2.06. The second-order valence-electron chi connectivity index (χ2n) is 4.77. The van der Waals surface area contributed by atoms with Crippen LogP contribution in [-0.4, -0.2) is 52.4 Å². The third kappa shape index (κ3) is 10.9. The third-order valence-electron chi connectivity index (χ3n) is 2.93. The van der Waals surface area contributed by atoms with Gasteiger partial charge in [-0.3, -0.25) is 10.2 Å². The van der Waals surface area contributed by atoms with Crippen molar-refractivity contribution in [3.8, 4) is 0 Å². The number of nitrogens with two attached hydrogens (primary N) is 2. The van der Waals surface area contributed by atoms with E-state index in [4.69, 9.17) is 27.1 Å². The van der Waals surface area contributed by atoms with Crippen LogP contribution < -0.4 is 22.1 Å². The van der Waals surface area contributed by atoms with Crippen LogP contribution >= 0.6 is 12.2 Å². The van der Waals surface area contributed by atoms with Crippen molar-refractivity contribution < 1.29 is 15.0 Å². The number of unbranched alkanes of at least 4 members (excludes halogenated alkanes) is 1. The number of carboxylic acid groups (broad SMARTS) is 1. The van der Waals surface area contributed by atoms with Crippen LogP contribution in [0.2, 0.25) is 0 Å². The van der Waals surface area contributed by atoms with Gasteiger partial charge in [-0.2, -0.15) is 0 Å². The number of carboxylic acids is 1. The molecule has 1 aliphatic rings. The maximum absolute atomic E-state index is 10.3. The Labute approximate surface area is 129 Å². The fourth-order valence-corrected chi connectivity index (χ4v) is 1.93. The van der Waals surface area contributed by atoms with Crippen molar-refractivity contribution in [1.29, 1.82) is 5.41 Å². The van der Waals surface area contributed by atoms with Crippen LogP contribution in [0.3, 0.4) is 0 Å². The lowest BCUT2D eigenvalue weighted by Crippen LogP contribution is -2.32. The Morgan fingerprint density at radius 2 is 2.14 bits per heavy atom. The molecule has 1 rings (SSSR count). The van der Waals surface area contributed by atoms with E-state index < -0.39 is 12.0 Å². The highest BCUT2D eigenvalue weighted by Crippen LogP contribution is 2.04. The molecule has 0 saturated carbocycles. The molecule has 122 valence electrons. The first-order valence-electron chi connectivity index (χ1n) is 6.87. The van der Waals surface area contributed by atoms with Gasteiger partial charge in [-0.05, 0) is 50.9 Å². The highest BCUT2D eigenvalue weighted by atomic mass is 32.1. The Morgan fingerprint density at radius 1 is 1.48 bits per heavy atom. The SMILES string of the molecule is N=C(N)NCCCCC(N)C(=O)O.OC(=S)[C@@H]1CCCN1. The molecule has 1 saturated heterocycles. The van der Waals surface area contributed by atoms with Gasteiger partial charge in [0.15, 0.2) is 11.0 Å². The average Bonchev–Trinajstić information content (AvgIpc) is 2.92.